The van der Waals surface area contributed by atoms with E-state index in [1.807, 2.05) is 0 Å². The van der Waals surface area contributed by atoms with Crippen molar-refractivity contribution < 1.29 is 8.42 Å². The third-order valence-electron chi connectivity index (χ3n) is 4.08. The molecule has 0 amide bonds. The van der Waals surface area contributed by atoms with Crippen molar-refractivity contribution in [2.24, 2.45) is 5.92 Å². The summed E-state index contributed by atoms with van der Waals surface area (Å²) in [6.07, 6.45) is 2.42. The summed E-state index contributed by atoms with van der Waals surface area (Å²) in [4.78, 5) is 2.15. The zero-order chi connectivity index (χ0) is 15.9. The average molecular weight is 337 g/mol. The van der Waals surface area contributed by atoms with Gasteiger partial charge in [0.1, 0.15) is 5.37 Å². The Kier molecular flexibility index (Phi) is 8.61. The molecule has 0 aromatic rings. The van der Waals surface area contributed by atoms with Crippen LogP contribution < -0.4 is 5.32 Å². The van der Waals surface area contributed by atoms with Crippen LogP contribution >= 0.6 is 11.8 Å². The zero-order valence-electron chi connectivity index (χ0n) is 14.0. The van der Waals surface area contributed by atoms with Gasteiger partial charge in [-0.3, -0.25) is 4.90 Å². The predicted molar refractivity (Wildman–Crippen MR) is 93.7 cm³/mol. The molecule has 0 radical (unpaired) electrons. The van der Waals surface area contributed by atoms with Crippen LogP contribution in [-0.2, 0) is 9.84 Å². The van der Waals surface area contributed by atoms with E-state index in [2.05, 4.69) is 31.0 Å². The van der Waals surface area contributed by atoms with E-state index in [9.17, 15) is 8.42 Å². The lowest BCUT2D eigenvalue weighted by Crippen LogP contribution is -2.50. The molecule has 1 N–H and O–H groups in total. The number of nitrogens with one attached hydrogen (secondary N) is 1. The molecule has 1 aliphatic heterocycles. The van der Waals surface area contributed by atoms with Gasteiger partial charge < -0.3 is 5.32 Å². The number of rotatable bonds is 9. The van der Waals surface area contributed by atoms with Gasteiger partial charge in [0.15, 0.2) is 9.84 Å². The second-order valence-electron chi connectivity index (χ2n) is 6.34. The highest BCUT2D eigenvalue weighted by Gasteiger charge is 2.32. The largest absolute Gasteiger partial charge is 0.313 e. The van der Waals surface area contributed by atoms with Crippen molar-refractivity contribution in [2.45, 2.75) is 52.0 Å². The van der Waals surface area contributed by atoms with Gasteiger partial charge in [-0.15, -0.1) is 0 Å². The first-order valence-electron chi connectivity index (χ1n) is 8.13. The molecule has 0 aromatic heterocycles. The second-order valence-corrected chi connectivity index (χ2v) is 9.94. The molecular formula is C15H32N2O2S2. The Labute approximate surface area is 135 Å². The van der Waals surface area contributed by atoms with Crippen LogP contribution in [0.15, 0.2) is 0 Å². The van der Waals surface area contributed by atoms with Crippen LogP contribution in [0.2, 0.25) is 0 Å². The molecule has 0 spiro atoms. The highest BCUT2D eigenvalue weighted by molar-refractivity contribution is 8.01. The van der Waals surface area contributed by atoms with E-state index >= 15 is 0 Å². The summed E-state index contributed by atoms with van der Waals surface area (Å²) in [6, 6.07) is 0.507. The third kappa shape index (κ3) is 6.89. The number of hydrogen-bond acceptors (Lipinski definition) is 5. The molecule has 1 saturated heterocycles. The summed E-state index contributed by atoms with van der Waals surface area (Å²) in [5.74, 6) is 2.75. The van der Waals surface area contributed by atoms with E-state index in [0.717, 1.165) is 37.1 Å². The molecule has 2 unspecified atom stereocenters. The van der Waals surface area contributed by atoms with E-state index in [1.54, 1.807) is 18.7 Å². The number of thioether (sulfide) groups is 1. The summed E-state index contributed by atoms with van der Waals surface area (Å²) in [5, 5.41) is 3.25. The molecule has 0 aromatic carbocycles. The number of hydrogen-bond donors (Lipinski definition) is 1. The van der Waals surface area contributed by atoms with Crippen molar-refractivity contribution in [1.29, 1.82) is 0 Å². The van der Waals surface area contributed by atoms with Crippen molar-refractivity contribution in [2.75, 3.05) is 36.9 Å². The predicted octanol–water partition coefficient (Wildman–Crippen LogP) is 2.21. The molecule has 1 heterocycles. The highest BCUT2D eigenvalue weighted by Crippen LogP contribution is 2.20. The summed E-state index contributed by atoms with van der Waals surface area (Å²) >= 11 is 1.76. The quantitative estimate of drug-likeness (QED) is 0.699. The van der Waals surface area contributed by atoms with Crippen molar-refractivity contribution in [1.82, 2.24) is 10.2 Å². The van der Waals surface area contributed by atoms with Gasteiger partial charge in [0.25, 0.3) is 0 Å². The topological polar surface area (TPSA) is 49.4 Å². The second kappa shape index (κ2) is 9.38. The van der Waals surface area contributed by atoms with Crippen molar-refractivity contribution in [3.05, 3.63) is 0 Å². The fourth-order valence-electron chi connectivity index (χ4n) is 2.53. The van der Waals surface area contributed by atoms with E-state index in [0.29, 0.717) is 6.04 Å². The van der Waals surface area contributed by atoms with Gasteiger partial charge in [-0.25, -0.2) is 8.42 Å². The lowest BCUT2D eigenvalue weighted by Gasteiger charge is -2.34. The van der Waals surface area contributed by atoms with Crippen LogP contribution in [0.25, 0.3) is 0 Å². The van der Waals surface area contributed by atoms with E-state index in [1.165, 1.54) is 12.8 Å². The minimum Gasteiger partial charge on any atom is -0.313 e. The molecule has 1 aliphatic rings. The fourth-order valence-corrected chi connectivity index (χ4v) is 5.64. The molecule has 126 valence electrons. The maximum absolute atomic E-state index is 12.2. The van der Waals surface area contributed by atoms with E-state index in [-0.39, 0.29) is 11.1 Å². The Morgan fingerprint density at radius 1 is 1.29 bits per heavy atom. The molecule has 0 aliphatic carbocycles. The molecule has 1 rings (SSSR count). The molecule has 6 heteroatoms. The lowest BCUT2D eigenvalue weighted by atomic mass is 10.0. The summed E-state index contributed by atoms with van der Waals surface area (Å²) in [7, 11) is -2.97. The third-order valence-corrected chi connectivity index (χ3v) is 7.41. The van der Waals surface area contributed by atoms with Crippen molar-refractivity contribution >= 4 is 21.6 Å². The summed E-state index contributed by atoms with van der Waals surface area (Å²) in [5.41, 5.74) is 0. The van der Waals surface area contributed by atoms with Gasteiger partial charge in [0.05, 0.1) is 0 Å². The van der Waals surface area contributed by atoms with E-state index in [4.69, 9.17) is 0 Å². The number of nitrogens with zero attached hydrogens (tertiary/aromatic N) is 1. The van der Waals surface area contributed by atoms with Gasteiger partial charge in [-0.1, -0.05) is 20.8 Å². The fraction of sp³-hybridized carbons (Fsp3) is 1.00. The van der Waals surface area contributed by atoms with Crippen LogP contribution in [0.5, 0.6) is 0 Å². The molecule has 1 fully saturated rings. The minimum atomic E-state index is -2.97. The Morgan fingerprint density at radius 3 is 2.62 bits per heavy atom. The van der Waals surface area contributed by atoms with Gasteiger partial charge in [0, 0.05) is 42.9 Å². The summed E-state index contributed by atoms with van der Waals surface area (Å²) in [6.45, 7) is 11.1. The molecule has 4 nitrogen and oxygen atoms in total. The SMILES string of the molecule is CCS(=O)(=O)C1CSCCN1CCNC(C)CCC(C)C. The molecule has 0 saturated carbocycles. The van der Waals surface area contributed by atoms with Gasteiger partial charge in [0.2, 0.25) is 0 Å². The lowest BCUT2D eigenvalue weighted by molar-refractivity contribution is 0.264. The van der Waals surface area contributed by atoms with Crippen molar-refractivity contribution in [3.8, 4) is 0 Å². The first-order chi connectivity index (χ1) is 9.86. The molecular weight excluding hydrogens is 304 g/mol. The Morgan fingerprint density at radius 2 is 2.00 bits per heavy atom. The van der Waals surface area contributed by atoms with Crippen LogP contribution in [0.4, 0.5) is 0 Å². The highest BCUT2D eigenvalue weighted by atomic mass is 32.2. The normalized spacial score (nSPS) is 22.6. The van der Waals surface area contributed by atoms with Crippen LogP contribution in [0.3, 0.4) is 0 Å². The maximum atomic E-state index is 12.2. The van der Waals surface area contributed by atoms with Gasteiger partial charge >= 0.3 is 0 Å². The molecule has 2 atom stereocenters. The zero-order valence-corrected chi connectivity index (χ0v) is 15.6. The Balaban J connectivity index is 2.38. The molecule has 21 heavy (non-hydrogen) atoms. The minimum absolute atomic E-state index is 0.243. The first kappa shape index (κ1) is 19.3. The first-order valence-corrected chi connectivity index (χ1v) is 11.0. The van der Waals surface area contributed by atoms with Gasteiger partial charge in [-0.2, -0.15) is 11.8 Å². The Bertz CT molecular complexity index is 385. The Hall–Kier alpha value is 0.220. The maximum Gasteiger partial charge on any atom is 0.166 e. The van der Waals surface area contributed by atoms with Crippen LogP contribution in [0, 0.1) is 5.92 Å². The standard InChI is InChI=1S/C15H32N2O2S2/c1-5-21(18,19)15-12-20-11-10-17(15)9-8-16-14(4)7-6-13(2)3/h13-16H,5-12H2,1-4H3. The monoisotopic (exact) mass is 336 g/mol. The van der Waals surface area contributed by atoms with Crippen LogP contribution in [0.1, 0.15) is 40.5 Å². The number of sulfone groups is 1. The average Bonchev–Trinajstić information content (AvgIpc) is 2.45. The summed E-state index contributed by atoms with van der Waals surface area (Å²) < 4.78 is 24.3. The molecule has 0 bridgehead atoms. The van der Waals surface area contributed by atoms with Crippen LogP contribution in [-0.4, -0.2) is 61.6 Å². The van der Waals surface area contributed by atoms with Gasteiger partial charge in [-0.05, 0) is 25.7 Å². The van der Waals surface area contributed by atoms with Crippen molar-refractivity contribution in [3.63, 3.8) is 0 Å². The smallest absolute Gasteiger partial charge is 0.166 e. The van der Waals surface area contributed by atoms with E-state index < -0.39 is 9.84 Å².